The molecule has 1 unspecified atom stereocenters. The van der Waals surface area contributed by atoms with Gasteiger partial charge in [-0.2, -0.15) is 13.2 Å². The second-order valence-corrected chi connectivity index (χ2v) is 4.04. The monoisotopic (exact) mass is 260 g/mol. The Morgan fingerprint density at radius 2 is 2.17 bits per heavy atom. The van der Waals surface area contributed by atoms with Crippen molar-refractivity contribution >= 4 is 6.40 Å². The van der Waals surface area contributed by atoms with Crippen molar-refractivity contribution in [2.45, 2.75) is 25.1 Å². The fraction of sp³-hybridized carbons (Fsp3) is 0.417. The molecule has 0 aliphatic carbocycles. The van der Waals surface area contributed by atoms with Gasteiger partial charge in [-0.05, 0) is 30.5 Å². The molecule has 0 saturated carbocycles. The topological polar surface area (TPSA) is 21.6 Å². The second-order valence-electron chi connectivity index (χ2n) is 4.04. The summed E-state index contributed by atoms with van der Waals surface area (Å²) in [5.74, 6) is -1.24. The molecule has 1 aliphatic rings. The van der Waals surface area contributed by atoms with Crippen molar-refractivity contribution in [3.63, 3.8) is 0 Å². The van der Waals surface area contributed by atoms with E-state index in [1.54, 1.807) is 0 Å². The predicted molar refractivity (Wildman–Crippen MR) is 56.9 cm³/mol. The number of benzene rings is 1. The molecule has 18 heavy (non-hydrogen) atoms. The van der Waals surface area contributed by atoms with Crippen LogP contribution in [0.5, 0.6) is 0 Å². The molecule has 1 atom stereocenters. The van der Waals surface area contributed by atoms with Crippen LogP contribution < -0.4 is 0 Å². The Morgan fingerprint density at radius 3 is 2.72 bits per heavy atom. The second kappa shape index (κ2) is 4.96. The first-order valence-corrected chi connectivity index (χ1v) is 5.39. The Labute approximate surface area is 101 Å². The summed E-state index contributed by atoms with van der Waals surface area (Å²) >= 11 is 0. The highest BCUT2D eigenvalue weighted by Crippen LogP contribution is 2.31. The SMILES string of the molecule is Fc1cc(CCC2CO[C]=N2)ccc1C(F)(F)F. The van der Waals surface area contributed by atoms with E-state index in [0.29, 0.717) is 25.0 Å². The minimum Gasteiger partial charge on any atom is -0.472 e. The van der Waals surface area contributed by atoms with Crippen molar-refractivity contribution in [2.24, 2.45) is 4.99 Å². The van der Waals surface area contributed by atoms with E-state index in [1.807, 2.05) is 0 Å². The quantitative estimate of drug-likeness (QED) is 0.765. The first kappa shape index (κ1) is 12.9. The van der Waals surface area contributed by atoms with E-state index in [1.165, 1.54) is 6.07 Å². The fourth-order valence-electron chi connectivity index (χ4n) is 1.71. The molecule has 97 valence electrons. The van der Waals surface area contributed by atoms with Crippen molar-refractivity contribution < 1.29 is 22.3 Å². The Kier molecular flexibility index (Phi) is 3.54. The number of aryl methyl sites for hydroxylation is 1. The lowest BCUT2D eigenvalue weighted by Gasteiger charge is -2.10. The number of halogens is 4. The maximum absolute atomic E-state index is 13.3. The van der Waals surface area contributed by atoms with Crippen molar-refractivity contribution in [1.29, 1.82) is 0 Å². The maximum atomic E-state index is 13.3. The van der Waals surface area contributed by atoms with Crippen molar-refractivity contribution in [3.8, 4) is 0 Å². The predicted octanol–water partition coefficient (Wildman–Crippen LogP) is 3.08. The lowest BCUT2D eigenvalue weighted by atomic mass is 10.0. The number of nitrogens with zero attached hydrogens (tertiary/aromatic N) is 1. The van der Waals surface area contributed by atoms with Crippen LogP contribution in [-0.2, 0) is 17.3 Å². The minimum absolute atomic E-state index is 0.0460. The third kappa shape index (κ3) is 3.00. The Morgan fingerprint density at radius 1 is 1.39 bits per heavy atom. The molecule has 6 heteroatoms. The van der Waals surface area contributed by atoms with E-state index in [-0.39, 0.29) is 6.04 Å². The zero-order chi connectivity index (χ0) is 13.2. The lowest BCUT2D eigenvalue weighted by Crippen LogP contribution is -2.10. The molecule has 2 rings (SSSR count). The van der Waals surface area contributed by atoms with E-state index >= 15 is 0 Å². The summed E-state index contributed by atoms with van der Waals surface area (Å²) in [4.78, 5) is 3.88. The molecule has 1 aliphatic heterocycles. The third-order valence-electron chi connectivity index (χ3n) is 2.68. The van der Waals surface area contributed by atoms with Crippen LogP contribution in [0.25, 0.3) is 0 Å². The Hall–Kier alpha value is -1.59. The molecule has 1 radical (unpaired) electrons. The molecule has 0 saturated heterocycles. The number of alkyl halides is 3. The van der Waals surface area contributed by atoms with Crippen molar-refractivity contribution in [1.82, 2.24) is 0 Å². The van der Waals surface area contributed by atoms with Gasteiger partial charge in [0, 0.05) is 0 Å². The van der Waals surface area contributed by atoms with Crippen molar-refractivity contribution in [2.75, 3.05) is 6.61 Å². The molecule has 2 nitrogen and oxygen atoms in total. The van der Waals surface area contributed by atoms with Crippen LogP contribution in [0.1, 0.15) is 17.5 Å². The molecular formula is C12H10F4NO. The molecule has 0 bridgehead atoms. The van der Waals surface area contributed by atoms with Crippen molar-refractivity contribution in [3.05, 3.63) is 35.1 Å². The first-order valence-electron chi connectivity index (χ1n) is 5.39. The van der Waals surface area contributed by atoms with Crippen LogP contribution in [-0.4, -0.2) is 19.0 Å². The third-order valence-corrected chi connectivity index (χ3v) is 2.68. The van der Waals surface area contributed by atoms with E-state index in [4.69, 9.17) is 4.74 Å². The van der Waals surface area contributed by atoms with Gasteiger partial charge in [-0.15, -0.1) is 0 Å². The normalized spacial score (nSPS) is 19.0. The molecule has 1 heterocycles. The molecule has 0 amide bonds. The smallest absolute Gasteiger partial charge is 0.419 e. The van der Waals surface area contributed by atoms with Gasteiger partial charge < -0.3 is 4.74 Å². The van der Waals surface area contributed by atoms with Gasteiger partial charge in [0.25, 0.3) is 6.40 Å². The molecule has 1 aromatic carbocycles. The minimum atomic E-state index is -4.65. The summed E-state index contributed by atoms with van der Waals surface area (Å²) in [7, 11) is 0. The van der Waals surface area contributed by atoms with Gasteiger partial charge in [-0.3, -0.25) is 0 Å². The number of rotatable bonds is 3. The van der Waals surface area contributed by atoms with Crippen LogP contribution >= 0.6 is 0 Å². The summed E-state index contributed by atoms with van der Waals surface area (Å²) < 4.78 is 55.1. The molecular weight excluding hydrogens is 250 g/mol. The molecule has 0 fully saturated rings. The Balaban J connectivity index is 2.02. The summed E-state index contributed by atoms with van der Waals surface area (Å²) in [6.07, 6.45) is -1.25. The summed E-state index contributed by atoms with van der Waals surface area (Å²) in [6, 6.07) is 2.93. The lowest BCUT2D eigenvalue weighted by molar-refractivity contribution is -0.140. The zero-order valence-corrected chi connectivity index (χ0v) is 9.30. The van der Waals surface area contributed by atoms with E-state index in [9.17, 15) is 17.6 Å². The summed E-state index contributed by atoms with van der Waals surface area (Å²) in [5, 5.41) is 0. The fourth-order valence-corrected chi connectivity index (χ4v) is 1.71. The van der Waals surface area contributed by atoms with Gasteiger partial charge >= 0.3 is 6.18 Å². The van der Waals surface area contributed by atoms with E-state index in [0.717, 1.165) is 12.1 Å². The van der Waals surface area contributed by atoms with Gasteiger partial charge in [0.1, 0.15) is 12.4 Å². The van der Waals surface area contributed by atoms with Crippen LogP contribution in [0.4, 0.5) is 17.6 Å². The summed E-state index contributed by atoms with van der Waals surface area (Å²) in [5.41, 5.74) is -0.718. The number of hydrogen-bond donors (Lipinski definition) is 0. The maximum Gasteiger partial charge on any atom is 0.419 e. The zero-order valence-electron chi connectivity index (χ0n) is 9.30. The highest BCUT2D eigenvalue weighted by Gasteiger charge is 2.33. The molecule has 1 aromatic rings. The standard InChI is InChI=1S/C12H10F4NO/c13-11-5-8(1-3-9-6-18-7-17-9)2-4-10(11)12(14,15)16/h2,4-5,9H,1,3,6H2. The van der Waals surface area contributed by atoms with Gasteiger partial charge in [0.05, 0.1) is 11.6 Å². The summed E-state index contributed by atoms with van der Waals surface area (Å²) in [6.45, 7) is 0.420. The largest absolute Gasteiger partial charge is 0.472 e. The van der Waals surface area contributed by atoms with Gasteiger partial charge in [-0.1, -0.05) is 6.07 Å². The van der Waals surface area contributed by atoms with Crippen LogP contribution in [0.3, 0.4) is 0 Å². The van der Waals surface area contributed by atoms with Gasteiger partial charge in [-0.25, -0.2) is 9.38 Å². The molecule has 0 aromatic heterocycles. The van der Waals surface area contributed by atoms with Crippen LogP contribution in [0.2, 0.25) is 0 Å². The van der Waals surface area contributed by atoms with E-state index < -0.39 is 17.6 Å². The number of ether oxygens (including phenoxy) is 1. The molecule has 0 N–H and O–H groups in total. The molecule has 0 spiro atoms. The number of hydrogen-bond acceptors (Lipinski definition) is 2. The van der Waals surface area contributed by atoms with Crippen LogP contribution in [0, 0.1) is 5.82 Å². The van der Waals surface area contributed by atoms with E-state index in [2.05, 4.69) is 11.4 Å². The van der Waals surface area contributed by atoms with Crippen LogP contribution in [0.15, 0.2) is 23.2 Å². The Bertz CT molecular complexity index is 456. The first-order chi connectivity index (χ1) is 8.47. The number of aliphatic imine (C=N–C) groups is 1. The average molecular weight is 260 g/mol. The average Bonchev–Trinajstić information content (AvgIpc) is 2.77. The highest BCUT2D eigenvalue weighted by atomic mass is 19.4. The highest BCUT2D eigenvalue weighted by molar-refractivity contribution is 5.48. The van der Waals surface area contributed by atoms with Gasteiger partial charge in [0.2, 0.25) is 0 Å². The van der Waals surface area contributed by atoms with Gasteiger partial charge in [0.15, 0.2) is 0 Å².